The number of aryl methyl sites for hydroxylation is 2. The van der Waals surface area contributed by atoms with E-state index in [9.17, 15) is 0 Å². The van der Waals surface area contributed by atoms with E-state index in [1.165, 1.54) is 56.5 Å². The van der Waals surface area contributed by atoms with Gasteiger partial charge in [-0.25, -0.2) is 0 Å². The van der Waals surface area contributed by atoms with E-state index >= 15 is 0 Å². The van der Waals surface area contributed by atoms with Crippen LogP contribution in [-0.4, -0.2) is 9.55 Å². The predicted molar refractivity (Wildman–Crippen MR) is 151 cm³/mol. The number of pyridine rings is 1. The fraction of sp³-hybridized carbons (Fsp3) is 0.531. The number of benzene rings is 1. The average molecular weight is 459 g/mol. The number of fused-ring (bicyclic) bond motifs is 1. The maximum absolute atomic E-state index is 4.93. The fourth-order valence-electron chi connectivity index (χ4n) is 5.06. The number of hydrogen-bond acceptors (Lipinski definition) is 1. The lowest BCUT2D eigenvalue weighted by molar-refractivity contribution is 0.350. The van der Waals surface area contributed by atoms with Gasteiger partial charge < -0.3 is 4.57 Å². The molecule has 0 unspecified atom stereocenters. The average Bonchev–Trinajstić information content (AvgIpc) is 3.11. The lowest BCUT2D eigenvalue weighted by Crippen LogP contribution is -2.14. The molecule has 3 rings (SSSR count). The van der Waals surface area contributed by atoms with Gasteiger partial charge in [-0.1, -0.05) is 73.5 Å². The summed E-state index contributed by atoms with van der Waals surface area (Å²) in [6, 6.07) is 9.56. The first-order valence-corrected chi connectivity index (χ1v) is 13.5. The van der Waals surface area contributed by atoms with Gasteiger partial charge in [-0.15, -0.1) is 0 Å². The Morgan fingerprint density at radius 1 is 1.09 bits per heavy atom. The SMILES string of the molecule is CCC/C=C(\CC)c1ccc2c(c1)c(CC(C)(C)CC)c(-c1cc(C)cnc1C(C)C)n2CC. The number of rotatable bonds is 10. The Hall–Kier alpha value is -2.35. The molecular formula is C32H46N2. The zero-order valence-electron chi connectivity index (χ0n) is 23.2. The van der Waals surface area contributed by atoms with Crippen molar-refractivity contribution < 1.29 is 0 Å². The molecule has 0 amide bonds. The van der Waals surface area contributed by atoms with Crippen LogP contribution in [0.4, 0.5) is 0 Å². The third-order valence-electron chi connectivity index (χ3n) is 7.39. The van der Waals surface area contributed by atoms with Gasteiger partial charge in [0.2, 0.25) is 0 Å². The number of allylic oxidation sites excluding steroid dienone is 2. The van der Waals surface area contributed by atoms with Gasteiger partial charge in [-0.05, 0) is 84.9 Å². The predicted octanol–water partition coefficient (Wildman–Crippen LogP) is 9.73. The van der Waals surface area contributed by atoms with Crippen LogP contribution >= 0.6 is 0 Å². The van der Waals surface area contributed by atoms with Crippen LogP contribution in [-0.2, 0) is 13.0 Å². The summed E-state index contributed by atoms with van der Waals surface area (Å²) < 4.78 is 2.55. The standard InChI is InChI=1S/C32H46N2/c1-10-14-15-24(11-2)25-16-17-29-26(19-25)28(20-32(8,9)12-3)31(34(29)13-4)27-18-23(7)21-33-30(27)22(5)6/h15-19,21-22H,10-14,20H2,1-9H3/b24-15+. The van der Waals surface area contributed by atoms with Crippen LogP contribution in [0.1, 0.15) is 109 Å². The highest BCUT2D eigenvalue weighted by atomic mass is 15.0. The van der Waals surface area contributed by atoms with Crippen molar-refractivity contribution >= 4 is 16.5 Å². The summed E-state index contributed by atoms with van der Waals surface area (Å²) in [7, 11) is 0. The van der Waals surface area contributed by atoms with Gasteiger partial charge in [0.05, 0.1) is 11.4 Å². The highest BCUT2D eigenvalue weighted by Gasteiger charge is 2.26. The van der Waals surface area contributed by atoms with Crippen LogP contribution in [0.2, 0.25) is 0 Å². The van der Waals surface area contributed by atoms with Crippen molar-refractivity contribution in [2.24, 2.45) is 5.41 Å². The minimum absolute atomic E-state index is 0.235. The molecule has 0 N–H and O–H groups in total. The Morgan fingerprint density at radius 2 is 1.82 bits per heavy atom. The molecule has 0 atom stereocenters. The largest absolute Gasteiger partial charge is 0.340 e. The Kier molecular flexibility index (Phi) is 8.44. The summed E-state index contributed by atoms with van der Waals surface area (Å²) in [4.78, 5) is 4.93. The minimum Gasteiger partial charge on any atom is -0.340 e. The van der Waals surface area contributed by atoms with Crippen molar-refractivity contribution in [2.45, 2.75) is 107 Å². The molecule has 184 valence electrons. The van der Waals surface area contributed by atoms with Crippen molar-refractivity contribution in [3.8, 4) is 11.3 Å². The minimum atomic E-state index is 0.235. The summed E-state index contributed by atoms with van der Waals surface area (Å²) in [5, 5.41) is 1.42. The summed E-state index contributed by atoms with van der Waals surface area (Å²) in [5.41, 5.74) is 11.1. The fourth-order valence-corrected chi connectivity index (χ4v) is 5.06. The van der Waals surface area contributed by atoms with Gasteiger partial charge in [0.1, 0.15) is 0 Å². The molecule has 2 heterocycles. The van der Waals surface area contributed by atoms with Gasteiger partial charge in [-0.3, -0.25) is 4.98 Å². The molecule has 0 saturated heterocycles. The summed E-state index contributed by atoms with van der Waals surface area (Å²) >= 11 is 0. The number of hydrogen-bond donors (Lipinski definition) is 0. The molecule has 0 radical (unpaired) electrons. The zero-order chi connectivity index (χ0) is 25.0. The van der Waals surface area contributed by atoms with E-state index in [1.807, 2.05) is 6.20 Å². The molecule has 0 aliphatic heterocycles. The molecule has 0 bridgehead atoms. The third-order valence-corrected chi connectivity index (χ3v) is 7.39. The maximum Gasteiger partial charge on any atom is 0.0542 e. The molecule has 1 aromatic carbocycles. The van der Waals surface area contributed by atoms with Gasteiger partial charge in [-0.2, -0.15) is 0 Å². The lowest BCUT2D eigenvalue weighted by atomic mass is 9.81. The van der Waals surface area contributed by atoms with Gasteiger partial charge in [0.15, 0.2) is 0 Å². The van der Waals surface area contributed by atoms with Crippen molar-refractivity contribution in [2.75, 3.05) is 0 Å². The monoisotopic (exact) mass is 458 g/mol. The van der Waals surface area contributed by atoms with E-state index in [-0.39, 0.29) is 5.41 Å². The third kappa shape index (κ3) is 5.32. The number of unbranched alkanes of at least 4 members (excludes halogenated alkanes) is 1. The molecular weight excluding hydrogens is 412 g/mol. The van der Waals surface area contributed by atoms with Crippen molar-refractivity contribution in [3.05, 3.63) is 58.9 Å². The quantitative estimate of drug-likeness (QED) is 0.295. The zero-order valence-corrected chi connectivity index (χ0v) is 23.2. The molecule has 0 spiro atoms. The smallest absolute Gasteiger partial charge is 0.0542 e. The summed E-state index contributed by atoms with van der Waals surface area (Å²) in [5.74, 6) is 0.380. The second-order valence-electron chi connectivity index (χ2n) is 11.0. The number of aromatic nitrogens is 2. The highest BCUT2D eigenvalue weighted by Crippen LogP contribution is 2.42. The first-order valence-electron chi connectivity index (χ1n) is 13.5. The Labute approximate surface area is 208 Å². The Bertz CT molecular complexity index is 1160. The van der Waals surface area contributed by atoms with Crippen LogP contribution < -0.4 is 0 Å². The Balaban J connectivity index is 2.41. The number of nitrogens with zero attached hydrogens (tertiary/aromatic N) is 2. The van der Waals surface area contributed by atoms with Crippen LogP contribution in [0.15, 0.2) is 36.5 Å². The maximum atomic E-state index is 4.93. The molecule has 0 aliphatic carbocycles. The highest BCUT2D eigenvalue weighted by molar-refractivity contribution is 5.94. The summed E-state index contributed by atoms with van der Waals surface area (Å²) in [6.45, 7) is 21.6. The van der Waals surface area contributed by atoms with E-state index in [2.05, 4.69) is 97.2 Å². The normalized spacial score (nSPS) is 12.8. The van der Waals surface area contributed by atoms with E-state index in [1.54, 1.807) is 0 Å². The van der Waals surface area contributed by atoms with E-state index < -0.39 is 0 Å². The van der Waals surface area contributed by atoms with Crippen molar-refractivity contribution in [1.29, 1.82) is 0 Å². The molecule has 3 aromatic rings. The first-order chi connectivity index (χ1) is 16.2. The van der Waals surface area contributed by atoms with Crippen LogP contribution in [0, 0.1) is 12.3 Å². The van der Waals surface area contributed by atoms with E-state index in [0.717, 1.165) is 32.2 Å². The van der Waals surface area contributed by atoms with Gasteiger partial charge >= 0.3 is 0 Å². The second-order valence-corrected chi connectivity index (χ2v) is 11.0. The second kappa shape index (κ2) is 10.9. The molecule has 0 saturated carbocycles. The van der Waals surface area contributed by atoms with Gasteiger partial charge in [0, 0.05) is 29.2 Å². The molecule has 0 fully saturated rings. The van der Waals surface area contributed by atoms with E-state index in [0.29, 0.717) is 5.92 Å². The molecule has 2 heteroatoms. The van der Waals surface area contributed by atoms with Crippen LogP contribution in [0.5, 0.6) is 0 Å². The molecule has 2 aromatic heterocycles. The van der Waals surface area contributed by atoms with Crippen molar-refractivity contribution in [3.63, 3.8) is 0 Å². The van der Waals surface area contributed by atoms with Crippen LogP contribution in [0.25, 0.3) is 27.7 Å². The first kappa shape index (κ1) is 26.3. The Morgan fingerprint density at radius 3 is 2.41 bits per heavy atom. The molecule has 2 nitrogen and oxygen atoms in total. The van der Waals surface area contributed by atoms with Crippen molar-refractivity contribution in [1.82, 2.24) is 9.55 Å². The summed E-state index contributed by atoms with van der Waals surface area (Å²) in [6.07, 6.45) is 10.1. The van der Waals surface area contributed by atoms with E-state index in [4.69, 9.17) is 4.98 Å². The molecule has 0 aliphatic rings. The van der Waals surface area contributed by atoms with Crippen LogP contribution in [0.3, 0.4) is 0 Å². The lowest BCUT2D eigenvalue weighted by Gasteiger charge is -2.24. The molecule has 34 heavy (non-hydrogen) atoms. The topological polar surface area (TPSA) is 17.8 Å². The van der Waals surface area contributed by atoms with Gasteiger partial charge in [0.25, 0.3) is 0 Å².